The van der Waals surface area contributed by atoms with Crippen molar-refractivity contribution in [2.24, 2.45) is 0 Å². The van der Waals surface area contributed by atoms with Gasteiger partial charge in [-0.2, -0.15) is 0 Å². The lowest BCUT2D eigenvalue weighted by molar-refractivity contribution is -0.384. The van der Waals surface area contributed by atoms with Crippen LogP contribution in [0.3, 0.4) is 0 Å². The molecule has 0 fully saturated rings. The van der Waals surface area contributed by atoms with E-state index in [1.165, 1.54) is 12.1 Å². The molecule has 0 aliphatic rings. The third kappa shape index (κ3) is 4.37. The number of anilines is 1. The van der Waals surface area contributed by atoms with E-state index in [0.717, 1.165) is 6.07 Å². The molecular formula is C10H10ClN3O6. The van der Waals surface area contributed by atoms with Crippen LogP contribution in [0, 0.1) is 10.1 Å². The van der Waals surface area contributed by atoms with E-state index in [4.69, 9.17) is 21.8 Å². The average Bonchev–Trinajstić information content (AvgIpc) is 2.38. The first-order chi connectivity index (χ1) is 9.31. The number of carboxylic acid groups (broad SMARTS) is 1. The highest BCUT2D eigenvalue weighted by Gasteiger charge is 2.15. The van der Waals surface area contributed by atoms with Crippen LogP contribution in [0.4, 0.5) is 16.2 Å². The Hall–Kier alpha value is -2.39. The molecule has 0 heterocycles. The van der Waals surface area contributed by atoms with Crippen molar-refractivity contribution in [1.29, 1.82) is 0 Å². The van der Waals surface area contributed by atoms with Crippen LogP contribution >= 0.6 is 11.6 Å². The number of carbonyl (C=O) groups excluding carboxylic acids is 1. The Kier molecular flexibility index (Phi) is 5.23. The summed E-state index contributed by atoms with van der Waals surface area (Å²) >= 11 is 5.75. The van der Waals surface area contributed by atoms with E-state index in [1.54, 1.807) is 0 Å². The number of carboxylic acids is 1. The lowest BCUT2D eigenvalue weighted by Crippen LogP contribution is -2.38. The van der Waals surface area contributed by atoms with Gasteiger partial charge in [0.1, 0.15) is 0 Å². The molecule has 0 aliphatic heterocycles. The Morgan fingerprint density at radius 3 is 2.65 bits per heavy atom. The second-order valence-electron chi connectivity index (χ2n) is 3.61. The molecule has 0 spiro atoms. The molecule has 1 aromatic carbocycles. The molecule has 0 saturated heterocycles. The van der Waals surface area contributed by atoms with Crippen molar-refractivity contribution < 1.29 is 24.7 Å². The first-order valence-electron chi connectivity index (χ1n) is 5.21. The van der Waals surface area contributed by atoms with Crippen LogP contribution in [0.2, 0.25) is 5.02 Å². The molecule has 1 atom stereocenters. The van der Waals surface area contributed by atoms with E-state index < -0.39 is 29.6 Å². The van der Waals surface area contributed by atoms with Crippen molar-refractivity contribution in [3.8, 4) is 0 Å². The van der Waals surface area contributed by atoms with E-state index in [0.29, 0.717) is 0 Å². The number of nitro groups is 1. The Morgan fingerprint density at radius 1 is 1.45 bits per heavy atom. The number of non-ortho nitro benzene ring substituents is 1. The van der Waals surface area contributed by atoms with Crippen LogP contribution < -0.4 is 10.6 Å². The minimum Gasteiger partial charge on any atom is -0.479 e. The Labute approximate surface area is 117 Å². The van der Waals surface area contributed by atoms with Gasteiger partial charge in [0.05, 0.1) is 22.2 Å². The second kappa shape index (κ2) is 6.68. The van der Waals surface area contributed by atoms with Crippen molar-refractivity contribution in [1.82, 2.24) is 5.32 Å². The molecule has 0 aliphatic carbocycles. The van der Waals surface area contributed by atoms with Gasteiger partial charge in [0.25, 0.3) is 5.69 Å². The second-order valence-corrected chi connectivity index (χ2v) is 4.02. The molecule has 1 aromatic rings. The Balaban J connectivity index is 2.68. The van der Waals surface area contributed by atoms with Gasteiger partial charge in [-0.3, -0.25) is 10.1 Å². The predicted molar refractivity (Wildman–Crippen MR) is 68.8 cm³/mol. The standard InChI is InChI=1S/C10H10ClN3O6/c11-6-2-1-5(14(19)20)3-7(6)13-10(18)12-4-8(15)9(16)17/h1-3,8,15H,4H2,(H,16,17)(H2,12,13,18). The zero-order valence-corrected chi connectivity index (χ0v) is 10.6. The number of nitro benzene ring substituents is 1. The zero-order chi connectivity index (χ0) is 15.3. The fourth-order valence-corrected chi connectivity index (χ4v) is 1.33. The van der Waals surface area contributed by atoms with Gasteiger partial charge in [0.15, 0.2) is 6.10 Å². The predicted octanol–water partition coefficient (Wildman–Crippen LogP) is 0.815. The number of carbonyl (C=O) groups is 2. The summed E-state index contributed by atoms with van der Waals surface area (Å²) in [6.07, 6.45) is -1.75. The van der Waals surface area contributed by atoms with Gasteiger partial charge in [-0.05, 0) is 6.07 Å². The van der Waals surface area contributed by atoms with Crippen LogP contribution in [0.25, 0.3) is 0 Å². The van der Waals surface area contributed by atoms with E-state index in [-0.39, 0.29) is 16.4 Å². The maximum Gasteiger partial charge on any atom is 0.334 e. The summed E-state index contributed by atoms with van der Waals surface area (Å²) in [5.41, 5.74) is -0.279. The molecule has 108 valence electrons. The molecule has 0 radical (unpaired) electrons. The highest BCUT2D eigenvalue weighted by molar-refractivity contribution is 6.33. The third-order valence-corrected chi connectivity index (χ3v) is 2.48. The molecule has 1 rings (SSSR count). The van der Waals surface area contributed by atoms with Crippen LogP contribution in [0.1, 0.15) is 0 Å². The summed E-state index contributed by atoms with van der Waals surface area (Å²) in [4.78, 5) is 31.7. The number of nitrogens with one attached hydrogen (secondary N) is 2. The number of hydrogen-bond donors (Lipinski definition) is 4. The summed E-state index contributed by atoms with van der Waals surface area (Å²) in [5.74, 6) is -1.49. The van der Waals surface area contributed by atoms with Crippen LogP contribution in [0.15, 0.2) is 18.2 Å². The number of aliphatic carboxylic acids is 1. The van der Waals surface area contributed by atoms with Crippen molar-refractivity contribution in [2.45, 2.75) is 6.10 Å². The summed E-state index contributed by atoms with van der Waals surface area (Å²) in [5, 5.41) is 32.3. The molecule has 1 unspecified atom stereocenters. The number of urea groups is 1. The Morgan fingerprint density at radius 2 is 2.10 bits per heavy atom. The lowest BCUT2D eigenvalue weighted by atomic mass is 10.3. The molecule has 9 nitrogen and oxygen atoms in total. The first kappa shape index (κ1) is 15.7. The molecule has 2 amide bonds. The number of benzene rings is 1. The van der Waals surface area contributed by atoms with Gasteiger partial charge in [-0.25, -0.2) is 9.59 Å². The van der Waals surface area contributed by atoms with Crippen LogP contribution in [-0.2, 0) is 4.79 Å². The van der Waals surface area contributed by atoms with E-state index in [1.807, 2.05) is 0 Å². The Bertz CT molecular complexity index is 550. The maximum atomic E-state index is 11.4. The van der Waals surface area contributed by atoms with Gasteiger partial charge in [0, 0.05) is 12.1 Å². The number of hydrogen-bond acceptors (Lipinski definition) is 5. The number of aliphatic hydroxyl groups is 1. The average molecular weight is 304 g/mol. The van der Waals surface area contributed by atoms with Crippen molar-refractivity contribution in [3.05, 3.63) is 33.3 Å². The minimum absolute atomic E-state index is 0.0109. The summed E-state index contributed by atoms with van der Waals surface area (Å²) in [7, 11) is 0. The number of nitrogens with zero attached hydrogens (tertiary/aromatic N) is 1. The van der Waals surface area contributed by atoms with Crippen molar-refractivity contribution >= 4 is 35.0 Å². The first-order valence-corrected chi connectivity index (χ1v) is 5.58. The van der Waals surface area contributed by atoms with Crippen LogP contribution in [-0.4, -0.2) is 39.8 Å². The van der Waals surface area contributed by atoms with E-state index >= 15 is 0 Å². The number of amides is 2. The molecule has 20 heavy (non-hydrogen) atoms. The van der Waals surface area contributed by atoms with Gasteiger partial charge in [0.2, 0.25) is 0 Å². The van der Waals surface area contributed by atoms with E-state index in [9.17, 15) is 19.7 Å². The maximum absolute atomic E-state index is 11.4. The van der Waals surface area contributed by atoms with Crippen LogP contribution in [0.5, 0.6) is 0 Å². The largest absolute Gasteiger partial charge is 0.479 e. The van der Waals surface area contributed by atoms with Gasteiger partial charge in [-0.15, -0.1) is 0 Å². The van der Waals surface area contributed by atoms with Gasteiger partial charge >= 0.3 is 12.0 Å². The summed E-state index contributed by atoms with van der Waals surface area (Å²) in [6.45, 7) is -0.520. The quantitative estimate of drug-likeness (QED) is 0.468. The number of rotatable bonds is 5. The highest BCUT2D eigenvalue weighted by Crippen LogP contribution is 2.26. The smallest absolute Gasteiger partial charge is 0.334 e. The molecule has 10 heteroatoms. The SMILES string of the molecule is O=C(NCC(O)C(=O)O)Nc1cc([N+](=O)[O-])ccc1Cl. The van der Waals surface area contributed by atoms with Gasteiger partial charge < -0.3 is 20.8 Å². The summed E-state index contributed by atoms with van der Waals surface area (Å²) in [6, 6.07) is 2.60. The molecule has 0 bridgehead atoms. The topological polar surface area (TPSA) is 142 Å². The normalized spacial score (nSPS) is 11.5. The number of halogens is 1. The third-order valence-electron chi connectivity index (χ3n) is 2.15. The number of aliphatic hydroxyl groups excluding tert-OH is 1. The lowest BCUT2D eigenvalue weighted by Gasteiger charge is -2.10. The molecule has 0 saturated carbocycles. The fraction of sp³-hybridized carbons (Fsp3) is 0.200. The molecule has 0 aromatic heterocycles. The highest BCUT2D eigenvalue weighted by atomic mass is 35.5. The fourth-order valence-electron chi connectivity index (χ4n) is 1.17. The van der Waals surface area contributed by atoms with Gasteiger partial charge in [-0.1, -0.05) is 11.6 Å². The molecule has 4 N–H and O–H groups in total. The molecular weight excluding hydrogens is 294 g/mol. The summed E-state index contributed by atoms with van der Waals surface area (Å²) < 4.78 is 0. The monoisotopic (exact) mass is 303 g/mol. The van der Waals surface area contributed by atoms with Crippen molar-refractivity contribution in [2.75, 3.05) is 11.9 Å². The minimum atomic E-state index is -1.75. The van der Waals surface area contributed by atoms with Crippen molar-refractivity contribution in [3.63, 3.8) is 0 Å². The van der Waals surface area contributed by atoms with E-state index in [2.05, 4.69) is 10.6 Å². The zero-order valence-electron chi connectivity index (χ0n) is 9.87.